The lowest BCUT2D eigenvalue weighted by Crippen LogP contribution is -2.40. The van der Waals surface area contributed by atoms with Gasteiger partial charge >= 0.3 is 11.9 Å². The van der Waals surface area contributed by atoms with Crippen molar-refractivity contribution >= 4 is 11.9 Å². The Hall–Kier alpha value is -1.10. The molecule has 2 rings (SSSR count). The molecule has 0 aromatic heterocycles. The average molecular weight is 453 g/mol. The van der Waals surface area contributed by atoms with Gasteiger partial charge in [0.15, 0.2) is 0 Å². The van der Waals surface area contributed by atoms with Crippen LogP contribution in [-0.2, 0) is 23.8 Å². The van der Waals surface area contributed by atoms with Crippen LogP contribution in [0, 0.1) is 34.5 Å². The van der Waals surface area contributed by atoms with E-state index in [2.05, 4.69) is 55.4 Å². The van der Waals surface area contributed by atoms with E-state index in [1.54, 1.807) is 0 Å². The molecule has 2 aliphatic rings. The molecule has 1 aliphatic heterocycles. The van der Waals surface area contributed by atoms with E-state index in [4.69, 9.17) is 14.2 Å². The number of ether oxygens (including phenoxy) is 3. The fourth-order valence-corrected chi connectivity index (χ4v) is 5.48. The van der Waals surface area contributed by atoms with E-state index in [-0.39, 0.29) is 34.5 Å². The highest BCUT2D eigenvalue weighted by atomic mass is 16.6. The molecule has 6 atom stereocenters. The van der Waals surface area contributed by atoms with Crippen molar-refractivity contribution in [2.45, 2.75) is 113 Å². The maximum absolute atomic E-state index is 12.9. The van der Waals surface area contributed by atoms with Crippen LogP contribution in [0.2, 0.25) is 0 Å². The number of fused-ring (bicyclic) bond motifs is 1. The minimum atomic E-state index is -0.476. The average Bonchev–Trinajstić information content (AvgIpc) is 3.27. The fraction of sp³-hybridized carbons (Fsp3) is 0.926. The third-order valence-corrected chi connectivity index (χ3v) is 6.85. The smallest absolute Gasteiger partial charge is 0.309 e. The van der Waals surface area contributed by atoms with Gasteiger partial charge in [-0.1, -0.05) is 55.4 Å². The first-order valence-electron chi connectivity index (χ1n) is 12.6. The molecule has 1 saturated carbocycles. The molecule has 0 amide bonds. The van der Waals surface area contributed by atoms with Crippen LogP contribution >= 0.6 is 0 Å². The zero-order valence-electron chi connectivity index (χ0n) is 22.1. The van der Waals surface area contributed by atoms with Crippen molar-refractivity contribution in [1.82, 2.24) is 0 Å². The van der Waals surface area contributed by atoms with Crippen LogP contribution in [0.5, 0.6) is 0 Å². The number of hydrogen-bond acceptors (Lipinski definition) is 5. The second kappa shape index (κ2) is 10.4. The molecule has 0 spiro atoms. The van der Waals surface area contributed by atoms with Crippen LogP contribution in [0.3, 0.4) is 0 Å². The summed E-state index contributed by atoms with van der Waals surface area (Å²) in [5, 5.41) is 0. The van der Waals surface area contributed by atoms with Crippen LogP contribution in [0.15, 0.2) is 0 Å². The zero-order chi connectivity index (χ0) is 24.3. The minimum Gasteiger partial charge on any atom is -0.465 e. The van der Waals surface area contributed by atoms with E-state index < -0.39 is 11.8 Å². The van der Waals surface area contributed by atoms with E-state index in [9.17, 15) is 9.59 Å². The predicted octanol–water partition coefficient (Wildman–Crippen LogP) is 6.18. The Balaban J connectivity index is 1.85. The Morgan fingerprint density at radius 2 is 1.31 bits per heavy atom. The summed E-state index contributed by atoms with van der Waals surface area (Å²) < 4.78 is 17.1. The lowest BCUT2D eigenvalue weighted by Gasteiger charge is -2.29. The van der Waals surface area contributed by atoms with Gasteiger partial charge in [0.05, 0.1) is 36.8 Å². The topological polar surface area (TPSA) is 65.1 Å². The van der Waals surface area contributed by atoms with Gasteiger partial charge in [-0.15, -0.1) is 0 Å². The van der Waals surface area contributed by atoms with Crippen LogP contribution < -0.4 is 0 Å². The molecule has 186 valence electrons. The van der Waals surface area contributed by atoms with Crippen molar-refractivity contribution < 1.29 is 23.8 Å². The summed E-state index contributed by atoms with van der Waals surface area (Å²) in [4.78, 5) is 25.8. The van der Waals surface area contributed by atoms with Gasteiger partial charge in [-0.3, -0.25) is 9.59 Å². The number of carbonyl (C=O) groups excluding carboxylic acids is 2. The van der Waals surface area contributed by atoms with E-state index in [0.29, 0.717) is 37.9 Å². The van der Waals surface area contributed by atoms with Gasteiger partial charge in [0, 0.05) is 0 Å². The second-order valence-corrected chi connectivity index (χ2v) is 13.2. The largest absolute Gasteiger partial charge is 0.465 e. The SMILES string of the molecule is CC(CCOC(=O)C1CC2OC2(C)CC1C(=O)OCCC(C)CC(C)(C)C)CC(C)(C)C. The minimum absolute atomic E-state index is 0.0516. The molecule has 0 aromatic carbocycles. The number of epoxide rings is 1. The van der Waals surface area contributed by atoms with Gasteiger partial charge in [-0.05, 0) is 68.1 Å². The monoisotopic (exact) mass is 452 g/mol. The molecule has 6 unspecified atom stereocenters. The lowest BCUT2D eigenvalue weighted by molar-refractivity contribution is -0.163. The van der Waals surface area contributed by atoms with E-state index in [1.165, 1.54) is 0 Å². The summed E-state index contributed by atoms with van der Waals surface area (Å²) in [6.45, 7) is 20.6. The Labute approximate surface area is 196 Å². The van der Waals surface area contributed by atoms with Crippen LogP contribution in [0.4, 0.5) is 0 Å². The molecule has 32 heavy (non-hydrogen) atoms. The summed E-state index contributed by atoms with van der Waals surface area (Å²) in [5.74, 6) is -0.511. The fourth-order valence-electron chi connectivity index (χ4n) is 5.48. The van der Waals surface area contributed by atoms with Crippen molar-refractivity contribution in [3.8, 4) is 0 Å². The molecular weight excluding hydrogens is 404 g/mol. The second-order valence-electron chi connectivity index (χ2n) is 13.2. The van der Waals surface area contributed by atoms with Crippen molar-refractivity contribution in [2.24, 2.45) is 34.5 Å². The molecule has 0 bridgehead atoms. The molecule has 0 radical (unpaired) electrons. The molecule has 0 aromatic rings. The standard InChI is InChI=1S/C27H48O5/c1-18(15-25(3,4)5)10-12-30-23(28)20-14-22-27(9,32-22)17-21(20)24(29)31-13-11-19(2)16-26(6,7)8/h18-22H,10-17H2,1-9H3. The van der Waals surface area contributed by atoms with Gasteiger partial charge in [-0.2, -0.15) is 0 Å². The van der Waals surface area contributed by atoms with Crippen molar-refractivity contribution in [1.29, 1.82) is 0 Å². The lowest BCUT2D eigenvalue weighted by atomic mass is 9.74. The van der Waals surface area contributed by atoms with Crippen LogP contribution in [0.25, 0.3) is 0 Å². The van der Waals surface area contributed by atoms with Gasteiger partial charge in [0.25, 0.3) is 0 Å². The number of hydrogen-bond donors (Lipinski definition) is 0. The highest BCUT2D eigenvalue weighted by Crippen LogP contribution is 2.52. The summed E-state index contributed by atoms with van der Waals surface area (Å²) in [5.41, 5.74) is 0.236. The van der Waals surface area contributed by atoms with E-state index >= 15 is 0 Å². The van der Waals surface area contributed by atoms with E-state index in [0.717, 1.165) is 25.7 Å². The quantitative estimate of drug-likeness (QED) is 0.292. The maximum atomic E-state index is 12.9. The van der Waals surface area contributed by atoms with Crippen molar-refractivity contribution in [3.63, 3.8) is 0 Å². The normalized spacial score (nSPS) is 29.6. The number of esters is 2. The first kappa shape index (κ1) is 27.1. The highest BCUT2D eigenvalue weighted by molar-refractivity contribution is 5.82. The maximum Gasteiger partial charge on any atom is 0.309 e. The molecule has 1 saturated heterocycles. The molecule has 2 fully saturated rings. The summed E-state index contributed by atoms with van der Waals surface area (Å²) in [7, 11) is 0. The van der Waals surface area contributed by atoms with Crippen LogP contribution in [0.1, 0.15) is 101 Å². The summed E-state index contributed by atoms with van der Waals surface area (Å²) in [6.07, 6.45) is 4.99. The van der Waals surface area contributed by atoms with Crippen molar-refractivity contribution in [3.05, 3.63) is 0 Å². The molecule has 1 aliphatic carbocycles. The Morgan fingerprint density at radius 1 is 0.875 bits per heavy atom. The number of carbonyl (C=O) groups is 2. The Bertz CT molecular complexity index is 643. The molecule has 5 nitrogen and oxygen atoms in total. The summed E-state index contributed by atoms with van der Waals surface area (Å²) in [6, 6.07) is 0. The molecular formula is C27H48O5. The first-order chi connectivity index (χ1) is 14.6. The molecule has 1 heterocycles. The van der Waals surface area contributed by atoms with Crippen molar-refractivity contribution in [2.75, 3.05) is 13.2 Å². The van der Waals surface area contributed by atoms with Gasteiger partial charge in [0.2, 0.25) is 0 Å². The Kier molecular flexibility index (Phi) is 8.86. The highest BCUT2D eigenvalue weighted by Gasteiger charge is 2.61. The zero-order valence-corrected chi connectivity index (χ0v) is 22.1. The summed E-state index contributed by atoms with van der Waals surface area (Å²) >= 11 is 0. The first-order valence-corrected chi connectivity index (χ1v) is 12.6. The predicted molar refractivity (Wildman–Crippen MR) is 127 cm³/mol. The molecule has 0 N–H and O–H groups in total. The van der Waals surface area contributed by atoms with Gasteiger partial charge in [-0.25, -0.2) is 0 Å². The molecule has 5 heteroatoms. The third-order valence-electron chi connectivity index (χ3n) is 6.85. The van der Waals surface area contributed by atoms with Gasteiger partial charge in [0.1, 0.15) is 0 Å². The third kappa shape index (κ3) is 8.68. The number of rotatable bonds is 10. The van der Waals surface area contributed by atoms with E-state index in [1.807, 2.05) is 6.92 Å². The Morgan fingerprint density at radius 3 is 1.75 bits per heavy atom. The van der Waals surface area contributed by atoms with Gasteiger partial charge < -0.3 is 14.2 Å². The van der Waals surface area contributed by atoms with Crippen LogP contribution in [-0.4, -0.2) is 36.9 Å².